The lowest BCUT2D eigenvalue weighted by molar-refractivity contribution is 0.765. The van der Waals surface area contributed by atoms with Gasteiger partial charge >= 0.3 is 0 Å². The molecular weight excluding hydrogens is 362 g/mol. The Bertz CT molecular complexity index is 1190. The van der Waals surface area contributed by atoms with Crippen LogP contribution in [0.4, 0.5) is 0 Å². The second kappa shape index (κ2) is 7.99. The summed E-state index contributed by atoms with van der Waals surface area (Å²) in [5.41, 5.74) is 4.00. The monoisotopic (exact) mass is 379 g/mol. The molecule has 0 atom stereocenters. The average Bonchev–Trinajstić information content (AvgIpc) is 2.77. The maximum atomic E-state index is 9.84. The van der Waals surface area contributed by atoms with E-state index in [1.165, 1.54) is 0 Å². The van der Waals surface area contributed by atoms with Crippen molar-refractivity contribution in [2.75, 3.05) is 0 Å². The average molecular weight is 379 g/mol. The summed E-state index contributed by atoms with van der Waals surface area (Å²) in [5.74, 6) is 0.757. The molecule has 0 amide bonds. The first-order chi connectivity index (χ1) is 13.8. The third-order valence-electron chi connectivity index (χ3n) is 4.54. The molecular formula is C24H17N3S. The molecule has 28 heavy (non-hydrogen) atoms. The van der Waals surface area contributed by atoms with E-state index in [4.69, 9.17) is 17.2 Å². The number of aromatic nitrogens is 2. The van der Waals surface area contributed by atoms with E-state index in [9.17, 15) is 5.26 Å². The quantitative estimate of drug-likeness (QED) is 0.417. The highest BCUT2D eigenvalue weighted by molar-refractivity contribution is 7.71. The predicted molar refractivity (Wildman–Crippen MR) is 114 cm³/mol. The smallest absolute Gasteiger partial charge is 0.142 e. The molecule has 0 radical (unpaired) electrons. The number of hydrogen-bond donors (Lipinski definition) is 0. The summed E-state index contributed by atoms with van der Waals surface area (Å²) in [6.07, 6.45) is 0. The van der Waals surface area contributed by atoms with Crippen LogP contribution in [0.5, 0.6) is 0 Å². The highest BCUT2D eigenvalue weighted by Crippen LogP contribution is 2.28. The maximum absolute atomic E-state index is 9.84. The van der Waals surface area contributed by atoms with Crippen LogP contribution in [0, 0.1) is 16.0 Å². The molecule has 0 aliphatic rings. The van der Waals surface area contributed by atoms with Gasteiger partial charge in [0.2, 0.25) is 0 Å². The van der Waals surface area contributed by atoms with Crippen LogP contribution in [-0.4, -0.2) is 9.55 Å². The van der Waals surface area contributed by atoms with Crippen LogP contribution < -0.4 is 0 Å². The van der Waals surface area contributed by atoms with E-state index >= 15 is 0 Å². The van der Waals surface area contributed by atoms with Crippen molar-refractivity contribution in [2.24, 2.45) is 0 Å². The van der Waals surface area contributed by atoms with Crippen molar-refractivity contribution in [1.82, 2.24) is 9.55 Å². The van der Waals surface area contributed by atoms with Gasteiger partial charge in [0.05, 0.1) is 12.2 Å². The Hall–Kier alpha value is -3.55. The molecule has 4 rings (SSSR count). The molecule has 0 aliphatic heterocycles. The molecule has 3 nitrogen and oxygen atoms in total. The van der Waals surface area contributed by atoms with Gasteiger partial charge in [-0.05, 0) is 5.56 Å². The van der Waals surface area contributed by atoms with E-state index in [0.717, 1.165) is 22.5 Å². The molecule has 0 bridgehead atoms. The van der Waals surface area contributed by atoms with Crippen molar-refractivity contribution in [3.05, 3.63) is 107 Å². The first kappa shape index (κ1) is 17.8. The molecule has 3 aromatic carbocycles. The fourth-order valence-electron chi connectivity index (χ4n) is 3.18. The molecule has 0 saturated heterocycles. The van der Waals surface area contributed by atoms with Crippen LogP contribution in [0.1, 0.15) is 11.1 Å². The maximum Gasteiger partial charge on any atom is 0.142 e. The summed E-state index contributed by atoms with van der Waals surface area (Å²) in [4.78, 5) is 4.91. The van der Waals surface area contributed by atoms with E-state index < -0.39 is 0 Å². The lowest BCUT2D eigenvalue weighted by Gasteiger charge is -2.17. The molecule has 134 valence electrons. The van der Waals surface area contributed by atoms with Crippen LogP contribution in [0.2, 0.25) is 0 Å². The Morgan fingerprint density at radius 2 is 1.32 bits per heavy atom. The largest absolute Gasteiger partial charge is 0.311 e. The van der Waals surface area contributed by atoms with Gasteiger partial charge < -0.3 is 4.57 Å². The molecule has 0 spiro atoms. The zero-order valence-corrected chi connectivity index (χ0v) is 15.9. The summed E-state index contributed by atoms with van der Waals surface area (Å²) >= 11 is 5.77. The molecule has 0 saturated carbocycles. The van der Waals surface area contributed by atoms with Gasteiger partial charge in [-0.3, -0.25) is 0 Å². The van der Waals surface area contributed by atoms with Crippen molar-refractivity contribution in [3.8, 4) is 28.7 Å². The Balaban J connectivity index is 2.00. The molecule has 0 aliphatic carbocycles. The van der Waals surface area contributed by atoms with E-state index in [1.54, 1.807) is 0 Å². The van der Waals surface area contributed by atoms with E-state index in [2.05, 4.69) is 6.07 Å². The van der Waals surface area contributed by atoms with Gasteiger partial charge in [0.1, 0.15) is 22.1 Å². The van der Waals surface area contributed by atoms with Crippen LogP contribution >= 0.6 is 12.2 Å². The number of hydrogen-bond acceptors (Lipinski definition) is 3. The molecule has 0 unspecified atom stereocenters. The third-order valence-corrected chi connectivity index (χ3v) is 4.97. The molecule has 0 fully saturated rings. The summed E-state index contributed by atoms with van der Waals surface area (Å²) in [6, 6.07) is 32.0. The van der Waals surface area contributed by atoms with Crippen molar-refractivity contribution in [2.45, 2.75) is 6.54 Å². The number of nitrogens with zero attached hydrogens (tertiary/aromatic N) is 3. The van der Waals surface area contributed by atoms with Crippen molar-refractivity contribution < 1.29 is 0 Å². The minimum atomic E-state index is 0.428. The van der Waals surface area contributed by atoms with Gasteiger partial charge in [-0.15, -0.1) is 0 Å². The Kier molecular flexibility index (Phi) is 5.09. The normalized spacial score (nSPS) is 10.4. The Morgan fingerprint density at radius 3 is 1.89 bits per heavy atom. The minimum Gasteiger partial charge on any atom is -0.311 e. The van der Waals surface area contributed by atoms with Gasteiger partial charge in [-0.2, -0.15) is 5.26 Å². The molecule has 1 heterocycles. The zero-order valence-electron chi connectivity index (χ0n) is 15.1. The summed E-state index contributed by atoms with van der Waals surface area (Å²) in [7, 11) is 0. The van der Waals surface area contributed by atoms with Crippen LogP contribution in [-0.2, 0) is 6.54 Å². The summed E-state index contributed by atoms with van der Waals surface area (Å²) in [5, 5.41) is 9.84. The first-order valence-electron chi connectivity index (χ1n) is 8.97. The van der Waals surface area contributed by atoms with E-state index in [-0.39, 0.29) is 0 Å². The minimum absolute atomic E-state index is 0.428. The second-order valence-electron chi connectivity index (χ2n) is 6.38. The van der Waals surface area contributed by atoms with E-state index in [1.807, 2.05) is 95.6 Å². The fourth-order valence-corrected chi connectivity index (χ4v) is 3.47. The number of nitriles is 1. The van der Waals surface area contributed by atoms with Crippen LogP contribution in [0.15, 0.2) is 91.0 Å². The first-order valence-corrected chi connectivity index (χ1v) is 9.38. The second-order valence-corrected chi connectivity index (χ2v) is 6.77. The molecule has 4 heteroatoms. The van der Waals surface area contributed by atoms with E-state index in [0.29, 0.717) is 22.4 Å². The van der Waals surface area contributed by atoms with Gasteiger partial charge in [0.25, 0.3) is 0 Å². The van der Waals surface area contributed by atoms with Gasteiger partial charge in [-0.1, -0.05) is 103 Å². The number of rotatable bonds is 4. The zero-order chi connectivity index (χ0) is 19.3. The Labute approximate surface area is 169 Å². The van der Waals surface area contributed by atoms with Crippen molar-refractivity contribution >= 4 is 12.2 Å². The summed E-state index contributed by atoms with van der Waals surface area (Å²) in [6.45, 7) is 0.556. The molecule has 1 aromatic heterocycles. The van der Waals surface area contributed by atoms with Crippen LogP contribution in [0.25, 0.3) is 22.6 Å². The molecule has 0 N–H and O–H groups in total. The number of benzene rings is 3. The van der Waals surface area contributed by atoms with Crippen molar-refractivity contribution in [3.63, 3.8) is 0 Å². The third kappa shape index (κ3) is 3.48. The SMILES string of the molecule is N#Cc1c(-c2ccccc2)nc(-c2ccccc2)n(Cc2ccccc2)c1=S. The fraction of sp³-hybridized carbons (Fsp3) is 0.0417. The predicted octanol–water partition coefficient (Wildman–Crippen LogP) is 5.87. The van der Waals surface area contributed by atoms with Gasteiger partial charge in [0.15, 0.2) is 0 Å². The Morgan fingerprint density at radius 1 is 0.786 bits per heavy atom. The lowest BCUT2D eigenvalue weighted by atomic mass is 10.1. The highest BCUT2D eigenvalue weighted by atomic mass is 32.1. The topological polar surface area (TPSA) is 41.6 Å². The highest BCUT2D eigenvalue weighted by Gasteiger charge is 2.17. The molecule has 4 aromatic rings. The van der Waals surface area contributed by atoms with Gasteiger partial charge in [-0.25, -0.2) is 4.98 Å². The van der Waals surface area contributed by atoms with Crippen LogP contribution in [0.3, 0.4) is 0 Å². The summed E-state index contributed by atoms with van der Waals surface area (Å²) < 4.78 is 2.45. The lowest BCUT2D eigenvalue weighted by Crippen LogP contribution is -2.11. The standard InChI is InChI=1S/C24H17N3S/c25-16-21-22(19-12-6-2-7-13-19)26-23(20-14-8-3-9-15-20)27(24(21)28)17-18-10-4-1-5-11-18/h1-15H,17H2. The van der Waals surface area contributed by atoms with Crippen molar-refractivity contribution in [1.29, 1.82) is 5.26 Å². The van der Waals surface area contributed by atoms with Gasteiger partial charge in [0, 0.05) is 11.1 Å².